The van der Waals surface area contributed by atoms with Gasteiger partial charge < -0.3 is 8.92 Å². The third-order valence-electron chi connectivity index (χ3n) is 4.14. The summed E-state index contributed by atoms with van der Waals surface area (Å²) in [5.41, 5.74) is 3.51. The van der Waals surface area contributed by atoms with E-state index in [2.05, 4.69) is 4.72 Å². The first kappa shape index (κ1) is 16.6. The van der Waals surface area contributed by atoms with Crippen LogP contribution in [0.3, 0.4) is 0 Å². The lowest BCUT2D eigenvalue weighted by Gasteiger charge is -2.20. The molecule has 0 aromatic heterocycles. The molecule has 3 aromatic carbocycles. The Morgan fingerprint density at radius 1 is 0.923 bits per heavy atom. The Bertz CT molecular complexity index is 1020. The molecule has 0 atom stereocenters. The highest BCUT2D eigenvalue weighted by atomic mass is 32.2. The van der Waals surface area contributed by atoms with Crippen molar-refractivity contribution in [2.24, 2.45) is 0 Å². The van der Waals surface area contributed by atoms with Crippen molar-refractivity contribution in [3.63, 3.8) is 0 Å². The number of hydrogen-bond donors (Lipinski definition) is 1. The molecule has 0 saturated heterocycles. The molecule has 0 aliphatic carbocycles. The van der Waals surface area contributed by atoms with Gasteiger partial charge in [0.1, 0.15) is 12.4 Å². The number of nitrogens with one attached hydrogen (secondary N) is 1. The van der Waals surface area contributed by atoms with Crippen molar-refractivity contribution in [2.75, 3.05) is 0 Å². The summed E-state index contributed by atoms with van der Waals surface area (Å²) in [5.74, 6) is 1.13. The molecule has 0 fully saturated rings. The molecular weight excluding hydrogens is 350 g/mol. The van der Waals surface area contributed by atoms with Crippen LogP contribution in [-0.2, 0) is 23.5 Å². The highest BCUT2D eigenvalue weighted by Crippen LogP contribution is 2.36. The number of hydrogen-bond acceptors (Lipinski definition) is 4. The van der Waals surface area contributed by atoms with E-state index >= 15 is 0 Å². The van der Waals surface area contributed by atoms with Gasteiger partial charge in [-0.2, -0.15) is 13.1 Å². The van der Waals surface area contributed by atoms with Crippen molar-refractivity contribution in [1.29, 1.82) is 0 Å². The Labute approximate surface area is 152 Å². The SMILES string of the molecule is O=S1(=O)NCc2cccc(-c3ccc(OCc4ccccc4)cc3)c2O1. The van der Waals surface area contributed by atoms with Crippen LogP contribution in [0.4, 0.5) is 0 Å². The van der Waals surface area contributed by atoms with Crippen molar-refractivity contribution in [2.45, 2.75) is 13.2 Å². The monoisotopic (exact) mass is 367 g/mol. The van der Waals surface area contributed by atoms with Crippen LogP contribution < -0.4 is 13.6 Å². The molecule has 3 aromatic rings. The minimum Gasteiger partial charge on any atom is -0.489 e. The average molecular weight is 367 g/mol. The Morgan fingerprint density at radius 3 is 2.46 bits per heavy atom. The standard InChI is InChI=1S/C20H17NO4S/c22-26(23)21-13-17-7-4-8-19(20(17)25-26)16-9-11-18(12-10-16)24-14-15-5-2-1-3-6-15/h1-12,21H,13-14H2. The topological polar surface area (TPSA) is 64.6 Å². The summed E-state index contributed by atoms with van der Waals surface area (Å²) in [6.45, 7) is 0.720. The second-order valence-electron chi connectivity index (χ2n) is 5.95. The van der Waals surface area contributed by atoms with Gasteiger partial charge in [0.15, 0.2) is 5.75 Å². The van der Waals surface area contributed by atoms with E-state index in [1.165, 1.54) is 0 Å². The summed E-state index contributed by atoms with van der Waals surface area (Å²) in [5, 5.41) is 0. The van der Waals surface area contributed by atoms with E-state index in [0.29, 0.717) is 12.4 Å². The average Bonchev–Trinajstić information content (AvgIpc) is 2.66. The summed E-state index contributed by atoms with van der Waals surface area (Å²) in [6, 6.07) is 23.0. The predicted molar refractivity (Wildman–Crippen MR) is 99.0 cm³/mol. The minimum absolute atomic E-state index is 0.226. The zero-order chi connectivity index (χ0) is 18.0. The van der Waals surface area contributed by atoms with E-state index in [1.807, 2.05) is 72.8 Å². The van der Waals surface area contributed by atoms with Gasteiger partial charge in [0.2, 0.25) is 0 Å². The van der Waals surface area contributed by atoms with Gasteiger partial charge in [0.25, 0.3) is 0 Å². The second kappa shape index (κ2) is 6.82. The summed E-state index contributed by atoms with van der Waals surface area (Å²) in [4.78, 5) is 0. The van der Waals surface area contributed by atoms with Crippen molar-refractivity contribution in [1.82, 2.24) is 4.72 Å². The fourth-order valence-corrected chi connectivity index (χ4v) is 3.63. The first-order valence-corrected chi connectivity index (χ1v) is 9.60. The number of rotatable bonds is 4. The van der Waals surface area contributed by atoms with Crippen molar-refractivity contribution >= 4 is 10.3 Å². The zero-order valence-electron chi connectivity index (χ0n) is 13.9. The predicted octanol–water partition coefficient (Wildman–Crippen LogP) is 3.66. The van der Waals surface area contributed by atoms with Crippen LogP contribution in [0.2, 0.25) is 0 Å². The fourth-order valence-electron chi connectivity index (χ4n) is 2.83. The maximum Gasteiger partial charge on any atom is 0.382 e. The van der Waals surface area contributed by atoms with Gasteiger partial charge >= 0.3 is 10.3 Å². The van der Waals surface area contributed by atoms with E-state index in [1.54, 1.807) is 0 Å². The molecule has 26 heavy (non-hydrogen) atoms. The largest absolute Gasteiger partial charge is 0.489 e. The zero-order valence-corrected chi connectivity index (χ0v) is 14.7. The Balaban J connectivity index is 1.56. The van der Waals surface area contributed by atoms with Crippen LogP contribution in [0, 0.1) is 0 Å². The van der Waals surface area contributed by atoms with Crippen molar-refractivity contribution < 1.29 is 17.3 Å². The molecule has 132 valence electrons. The van der Waals surface area contributed by atoms with Gasteiger partial charge in [-0.05, 0) is 23.3 Å². The second-order valence-corrected chi connectivity index (χ2v) is 7.31. The smallest absolute Gasteiger partial charge is 0.382 e. The molecule has 0 spiro atoms. The molecule has 6 heteroatoms. The number of ether oxygens (including phenoxy) is 1. The van der Waals surface area contributed by atoms with Crippen LogP contribution >= 0.6 is 0 Å². The summed E-state index contributed by atoms with van der Waals surface area (Å²) in [6.07, 6.45) is 0. The Morgan fingerprint density at radius 2 is 1.69 bits per heavy atom. The molecule has 0 amide bonds. The molecule has 5 nitrogen and oxygen atoms in total. The lowest BCUT2D eigenvalue weighted by Crippen LogP contribution is -2.32. The van der Waals surface area contributed by atoms with E-state index < -0.39 is 10.3 Å². The molecule has 1 heterocycles. The lowest BCUT2D eigenvalue weighted by atomic mass is 10.0. The first-order valence-electron chi connectivity index (χ1n) is 8.19. The molecule has 4 rings (SSSR count). The number of fused-ring (bicyclic) bond motifs is 1. The van der Waals surface area contributed by atoms with Crippen LogP contribution in [0.1, 0.15) is 11.1 Å². The molecule has 0 bridgehead atoms. The van der Waals surface area contributed by atoms with Crippen LogP contribution in [-0.4, -0.2) is 8.42 Å². The highest BCUT2D eigenvalue weighted by Gasteiger charge is 2.24. The molecule has 1 aliphatic heterocycles. The van der Waals surface area contributed by atoms with E-state index in [4.69, 9.17) is 8.92 Å². The quantitative estimate of drug-likeness (QED) is 0.764. The van der Waals surface area contributed by atoms with Gasteiger partial charge in [-0.1, -0.05) is 60.7 Å². The molecule has 1 aliphatic rings. The van der Waals surface area contributed by atoms with Gasteiger partial charge in [-0.15, -0.1) is 0 Å². The summed E-state index contributed by atoms with van der Waals surface area (Å²) >= 11 is 0. The van der Waals surface area contributed by atoms with Crippen LogP contribution in [0.15, 0.2) is 72.8 Å². The van der Waals surface area contributed by atoms with Gasteiger partial charge in [-0.3, -0.25) is 0 Å². The molecule has 1 N–H and O–H groups in total. The molecule has 0 radical (unpaired) electrons. The van der Waals surface area contributed by atoms with Crippen molar-refractivity contribution in [3.05, 3.63) is 83.9 Å². The lowest BCUT2D eigenvalue weighted by molar-refractivity contribution is 0.306. The van der Waals surface area contributed by atoms with Crippen LogP contribution in [0.25, 0.3) is 11.1 Å². The number of benzene rings is 3. The summed E-state index contributed by atoms with van der Waals surface area (Å²) in [7, 11) is -3.75. The first-order chi connectivity index (χ1) is 12.6. The minimum atomic E-state index is -3.75. The molecular formula is C20H17NO4S. The maximum atomic E-state index is 11.7. The molecule has 0 unspecified atom stereocenters. The van der Waals surface area contributed by atoms with Gasteiger partial charge in [0.05, 0.1) is 0 Å². The van der Waals surface area contributed by atoms with E-state index in [0.717, 1.165) is 28.0 Å². The Hall–Kier alpha value is -2.83. The normalized spacial score (nSPS) is 14.9. The van der Waals surface area contributed by atoms with E-state index in [9.17, 15) is 8.42 Å². The van der Waals surface area contributed by atoms with Gasteiger partial charge in [0, 0.05) is 17.7 Å². The Kier molecular flexibility index (Phi) is 4.36. The molecule has 0 saturated carbocycles. The third kappa shape index (κ3) is 3.56. The maximum absolute atomic E-state index is 11.7. The van der Waals surface area contributed by atoms with Gasteiger partial charge in [-0.25, -0.2) is 0 Å². The van der Waals surface area contributed by atoms with Crippen molar-refractivity contribution in [3.8, 4) is 22.6 Å². The third-order valence-corrected chi connectivity index (χ3v) is 5.03. The van der Waals surface area contributed by atoms with E-state index in [-0.39, 0.29) is 6.54 Å². The fraction of sp³-hybridized carbons (Fsp3) is 0.100. The summed E-state index contributed by atoms with van der Waals surface area (Å²) < 4.78 is 36.8. The van der Waals surface area contributed by atoms with Crippen LogP contribution in [0.5, 0.6) is 11.5 Å². The number of para-hydroxylation sites is 1. The highest BCUT2D eigenvalue weighted by molar-refractivity contribution is 7.85.